The Labute approximate surface area is 129 Å². The third kappa shape index (κ3) is 4.76. The van der Waals surface area contributed by atoms with E-state index in [4.69, 9.17) is 16.2 Å². The van der Waals surface area contributed by atoms with Crippen LogP contribution in [0, 0.1) is 20.8 Å². The Morgan fingerprint density at radius 2 is 1.73 bits per heavy atom. The minimum Gasteiger partial charge on any atom is -0.493 e. The van der Waals surface area contributed by atoms with Crippen LogP contribution in [0.3, 0.4) is 0 Å². The number of benzene rings is 1. The fourth-order valence-corrected chi connectivity index (χ4v) is 1.92. The average molecular weight is 307 g/mol. The fraction of sp³-hybridized carbons (Fsp3) is 0.400. The lowest BCUT2D eigenvalue weighted by atomic mass is 10.1. The van der Waals surface area contributed by atoms with Gasteiger partial charge in [0.05, 0.1) is 13.0 Å². The zero-order valence-corrected chi connectivity index (χ0v) is 12.9. The molecule has 1 aromatic carbocycles. The third-order valence-electron chi connectivity index (χ3n) is 3.23. The SMILES string of the molecule is Cc1cc(C)c(C)c(OCCC(=O)NC(C(N)=O)C(N)=O)c1. The second-order valence-electron chi connectivity index (χ2n) is 5.11. The molecule has 0 saturated carbocycles. The van der Waals surface area contributed by atoms with Crippen molar-refractivity contribution in [2.24, 2.45) is 11.5 Å². The predicted molar refractivity (Wildman–Crippen MR) is 81.1 cm³/mol. The van der Waals surface area contributed by atoms with Crippen molar-refractivity contribution < 1.29 is 19.1 Å². The van der Waals surface area contributed by atoms with Gasteiger partial charge in [0.2, 0.25) is 17.7 Å². The number of hydrogen-bond acceptors (Lipinski definition) is 4. The molecule has 0 spiro atoms. The highest BCUT2D eigenvalue weighted by atomic mass is 16.5. The second-order valence-corrected chi connectivity index (χ2v) is 5.11. The maximum absolute atomic E-state index is 11.7. The van der Waals surface area contributed by atoms with Crippen molar-refractivity contribution in [1.29, 1.82) is 0 Å². The largest absolute Gasteiger partial charge is 0.493 e. The summed E-state index contributed by atoms with van der Waals surface area (Å²) >= 11 is 0. The van der Waals surface area contributed by atoms with Gasteiger partial charge in [-0.1, -0.05) is 6.07 Å². The first-order valence-electron chi connectivity index (χ1n) is 6.81. The van der Waals surface area contributed by atoms with Crippen LogP contribution in [-0.2, 0) is 14.4 Å². The van der Waals surface area contributed by atoms with Crippen molar-refractivity contribution >= 4 is 17.7 Å². The van der Waals surface area contributed by atoms with Gasteiger partial charge in [-0.15, -0.1) is 0 Å². The zero-order chi connectivity index (χ0) is 16.9. The average Bonchev–Trinajstić information content (AvgIpc) is 2.40. The quantitative estimate of drug-likeness (QED) is 0.605. The minimum absolute atomic E-state index is 0.0243. The van der Waals surface area contributed by atoms with Gasteiger partial charge in [-0.2, -0.15) is 0 Å². The van der Waals surface area contributed by atoms with Crippen LogP contribution < -0.4 is 21.5 Å². The van der Waals surface area contributed by atoms with Crippen molar-refractivity contribution in [3.05, 3.63) is 28.8 Å². The molecule has 1 aromatic rings. The fourth-order valence-electron chi connectivity index (χ4n) is 1.92. The molecule has 22 heavy (non-hydrogen) atoms. The summed E-state index contributed by atoms with van der Waals surface area (Å²) in [4.78, 5) is 33.6. The molecule has 0 aliphatic carbocycles. The maximum atomic E-state index is 11.7. The van der Waals surface area contributed by atoms with E-state index >= 15 is 0 Å². The van der Waals surface area contributed by atoms with Crippen LogP contribution in [0.4, 0.5) is 0 Å². The van der Waals surface area contributed by atoms with E-state index in [9.17, 15) is 14.4 Å². The summed E-state index contributed by atoms with van der Waals surface area (Å²) in [6.07, 6.45) is -0.0243. The number of carbonyl (C=O) groups excluding carboxylic acids is 3. The van der Waals surface area contributed by atoms with Crippen molar-refractivity contribution in [3.8, 4) is 5.75 Å². The van der Waals surface area contributed by atoms with Crippen LogP contribution in [0.15, 0.2) is 12.1 Å². The van der Waals surface area contributed by atoms with Crippen LogP contribution in [0.25, 0.3) is 0 Å². The molecule has 0 aliphatic rings. The number of carbonyl (C=O) groups is 3. The highest BCUT2D eigenvalue weighted by molar-refractivity contribution is 6.05. The Morgan fingerprint density at radius 3 is 2.27 bits per heavy atom. The molecule has 0 radical (unpaired) electrons. The summed E-state index contributed by atoms with van der Waals surface area (Å²) in [7, 11) is 0. The molecule has 0 bridgehead atoms. The molecule has 7 nitrogen and oxygen atoms in total. The number of rotatable bonds is 7. The first-order valence-corrected chi connectivity index (χ1v) is 6.81. The molecule has 0 atom stereocenters. The molecule has 0 unspecified atom stereocenters. The molecule has 3 amide bonds. The van der Waals surface area contributed by atoms with Crippen molar-refractivity contribution in [2.45, 2.75) is 33.2 Å². The van der Waals surface area contributed by atoms with E-state index < -0.39 is 23.8 Å². The number of aryl methyl sites for hydroxylation is 2. The second kappa shape index (κ2) is 7.44. The Balaban J connectivity index is 2.56. The smallest absolute Gasteiger partial charge is 0.249 e. The molecule has 1 rings (SSSR count). The Kier molecular flexibility index (Phi) is 5.91. The van der Waals surface area contributed by atoms with Gasteiger partial charge in [-0.25, -0.2) is 0 Å². The Morgan fingerprint density at radius 1 is 1.14 bits per heavy atom. The Bertz CT molecular complexity index is 585. The molecular formula is C15H21N3O4. The molecule has 0 heterocycles. The van der Waals surface area contributed by atoms with Crippen LogP contribution >= 0.6 is 0 Å². The molecule has 120 valence electrons. The summed E-state index contributed by atoms with van der Waals surface area (Å²) in [5.41, 5.74) is 13.1. The molecule has 0 aromatic heterocycles. The van der Waals surface area contributed by atoms with Crippen LogP contribution in [-0.4, -0.2) is 30.4 Å². The lowest BCUT2D eigenvalue weighted by Gasteiger charge is -2.14. The van der Waals surface area contributed by atoms with E-state index in [1.54, 1.807) is 0 Å². The van der Waals surface area contributed by atoms with E-state index in [-0.39, 0.29) is 13.0 Å². The van der Waals surface area contributed by atoms with Gasteiger partial charge >= 0.3 is 0 Å². The number of nitrogens with one attached hydrogen (secondary N) is 1. The van der Waals surface area contributed by atoms with Gasteiger partial charge < -0.3 is 21.5 Å². The normalized spacial score (nSPS) is 10.4. The van der Waals surface area contributed by atoms with Crippen LogP contribution in [0.2, 0.25) is 0 Å². The van der Waals surface area contributed by atoms with E-state index in [2.05, 4.69) is 5.32 Å². The van der Waals surface area contributed by atoms with Crippen molar-refractivity contribution in [3.63, 3.8) is 0 Å². The number of ether oxygens (including phenoxy) is 1. The lowest BCUT2D eigenvalue weighted by molar-refractivity contribution is -0.134. The number of amides is 3. The van der Waals surface area contributed by atoms with Crippen LogP contribution in [0.1, 0.15) is 23.1 Å². The van der Waals surface area contributed by atoms with Crippen molar-refractivity contribution in [2.75, 3.05) is 6.61 Å². The van der Waals surface area contributed by atoms with E-state index in [0.717, 1.165) is 16.7 Å². The third-order valence-corrected chi connectivity index (χ3v) is 3.23. The highest BCUT2D eigenvalue weighted by Crippen LogP contribution is 2.23. The summed E-state index contributed by atoms with van der Waals surface area (Å²) in [5.74, 6) is -1.82. The van der Waals surface area contributed by atoms with Gasteiger partial charge in [0.25, 0.3) is 0 Å². The molecule has 0 aliphatic heterocycles. The number of hydrogen-bond donors (Lipinski definition) is 3. The predicted octanol–water partition coefficient (Wildman–Crippen LogP) is -0.164. The van der Waals surface area contributed by atoms with Gasteiger partial charge in [-0.05, 0) is 43.5 Å². The maximum Gasteiger partial charge on any atom is 0.249 e. The molecular weight excluding hydrogens is 286 g/mol. The molecule has 0 saturated heterocycles. The van der Waals surface area contributed by atoms with Gasteiger partial charge in [0, 0.05) is 0 Å². The molecule has 7 heteroatoms. The lowest BCUT2D eigenvalue weighted by Crippen LogP contribution is -2.52. The number of nitrogens with two attached hydrogens (primary N) is 2. The van der Waals surface area contributed by atoms with Crippen molar-refractivity contribution in [1.82, 2.24) is 5.32 Å². The minimum atomic E-state index is -1.50. The van der Waals surface area contributed by atoms with Gasteiger partial charge in [0.1, 0.15) is 5.75 Å². The van der Waals surface area contributed by atoms with E-state index in [0.29, 0.717) is 5.75 Å². The van der Waals surface area contributed by atoms with Crippen LogP contribution in [0.5, 0.6) is 5.75 Å². The monoisotopic (exact) mass is 307 g/mol. The first-order chi connectivity index (χ1) is 10.2. The van der Waals surface area contributed by atoms with Gasteiger partial charge in [0.15, 0.2) is 6.04 Å². The topological polar surface area (TPSA) is 125 Å². The highest BCUT2D eigenvalue weighted by Gasteiger charge is 2.23. The summed E-state index contributed by atoms with van der Waals surface area (Å²) in [5, 5.41) is 2.17. The van der Waals surface area contributed by atoms with Gasteiger partial charge in [-0.3, -0.25) is 14.4 Å². The molecule has 5 N–H and O–H groups in total. The summed E-state index contributed by atoms with van der Waals surface area (Å²) < 4.78 is 5.58. The van der Waals surface area contributed by atoms with E-state index in [1.165, 1.54) is 0 Å². The standard InChI is InChI=1S/C15H21N3O4/c1-8-6-9(2)10(3)11(7-8)22-5-4-12(19)18-13(14(16)20)15(17)21/h6-7,13H,4-5H2,1-3H3,(H2,16,20)(H2,17,21)(H,18,19). The molecule has 0 fully saturated rings. The summed E-state index contributed by atoms with van der Waals surface area (Å²) in [6, 6.07) is 2.42. The Hall–Kier alpha value is -2.57. The zero-order valence-electron chi connectivity index (χ0n) is 12.9. The van der Waals surface area contributed by atoms with E-state index in [1.807, 2.05) is 32.9 Å². The first kappa shape index (κ1) is 17.5. The number of primary amides is 2. The summed E-state index contributed by atoms with van der Waals surface area (Å²) in [6.45, 7) is 5.97.